The lowest BCUT2D eigenvalue weighted by molar-refractivity contribution is -0.122. The Hall–Kier alpha value is -1.81. The average molecular weight is 244 g/mol. The van der Waals surface area contributed by atoms with Gasteiger partial charge in [-0.2, -0.15) is 0 Å². The zero-order chi connectivity index (χ0) is 12.5. The zero-order valence-electron chi connectivity index (χ0n) is 10.3. The van der Waals surface area contributed by atoms with E-state index in [2.05, 4.69) is 28.2 Å². The SMILES string of the molecule is Cn1cc(CCNC(=O)C2CO2)c2ccccc21. The van der Waals surface area contributed by atoms with E-state index in [1.807, 2.05) is 19.2 Å². The fourth-order valence-corrected chi connectivity index (χ4v) is 2.26. The first-order valence-corrected chi connectivity index (χ1v) is 6.18. The van der Waals surface area contributed by atoms with Crippen molar-refractivity contribution in [3.63, 3.8) is 0 Å². The van der Waals surface area contributed by atoms with Gasteiger partial charge in [0.15, 0.2) is 6.10 Å². The molecule has 3 rings (SSSR count). The van der Waals surface area contributed by atoms with Crippen molar-refractivity contribution in [3.8, 4) is 0 Å². The van der Waals surface area contributed by atoms with Gasteiger partial charge in [0.1, 0.15) is 0 Å². The highest BCUT2D eigenvalue weighted by Gasteiger charge is 2.30. The number of amides is 1. The van der Waals surface area contributed by atoms with Crippen molar-refractivity contribution in [2.45, 2.75) is 12.5 Å². The summed E-state index contributed by atoms with van der Waals surface area (Å²) in [6, 6.07) is 8.31. The van der Waals surface area contributed by atoms with Crippen molar-refractivity contribution in [1.29, 1.82) is 0 Å². The average Bonchev–Trinajstić information content (AvgIpc) is 3.17. The lowest BCUT2D eigenvalue weighted by atomic mass is 10.1. The lowest BCUT2D eigenvalue weighted by Crippen LogP contribution is -2.29. The van der Waals surface area contributed by atoms with Crippen LogP contribution in [0.5, 0.6) is 0 Å². The Kier molecular flexibility index (Phi) is 2.80. The molecule has 1 amide bonds. The van der Waals surface area contributed by atoms with Gasteiger partial charge in [0.25, 0.3) is 5.91 Å². The predicted octanol–water partition coefficient (Wildman–Crippen LogP) is 1.24. The van der Waals surface area contributed by atoms with E-state index in [1.54, 1.807) is 0 Å². The first-order chi connectivity index (χ1) is 8.75. The maximum Gasteiger partial charge on any atom is 0.251 e. The van der Waals surface area contributed by atoms with Crippen LogP contribution in [0.15, 0.2) is 30.5 Å². The number of hydrogen-bond acceptors (Lipinski definition) is 2. The van der Waals surface area contributed by atoms with Crippen LogP contribution < -0.4 is 5.32 Å². The summed E-state index contributed by atoms with van der Waals surface area (Å²) >= 11 is 0. The topological polar surface area (TPSA) is 46.6 Å². The van der Waals surface area contributed by atoms with Crippen LogP contribution in [0, 0.1) is 0 Å². The second-order valence-electron chi connectivity index (χ2n) is 4.65. The molecule has 94 valence electrons. The highest BCUT2D eigenvalue weighted by Crippen LogP contribution is 2.20. The quantitative estimate of drug-likeness (QED) is 0.822. The number of carbonyl (C=O) groups excluding carboxylic acids is 1. The predicted molar refractivity (Wildman–Crippen MR) is 69.4 cm³/mol. The molecular weight excluding hydrogens is 228 g/mol. The highest BCUT2D eigenvalue weighted by molar-refractivity contribution is 5.84. The second kappa shape index (κ2) is 4.46. The Morgan fingerprint density at radius 1 is 1.50 bits per heavy atom. The number of aryl methyl sites for hydroxylation is 1. The molecule has 0 radical (unpaired) electrons. The maximum atomic E-state index is 11.4. The third-order valence-electron chi connectivity index (χ3n) is 3.30. The number of nitrogens with zero attached hydrogens (tertiary/aromatic N) is 1. The molecule has 2 aromatic rings. The van der Waals surface area contributed by atoms with Gasteiger partial charge in [-0.1, -0.05) is 18.2 Å². The molecule has 18 heavy (non-hydrogen) atoms. The first kappa shape index (κ1) is 11.3. The van der Waals surface area contributed by atoms with Crippen LogP contribution in [-0.2, 0) is 23.0 Å². The van der Waals surface area contributed by atoms with Crippen molar-refractivity contribution < 1.29 is 9.53 Å². The molecule has 1 aliphatic rings. The van der Waals surface area contributed by atoms with E-state index in [-0.39, 0.29) is 12.0 Å². The number of aromatic nitrogens is 1. The van der Waals surface area contributed by atoms with Gasteiger partial charge in [-0.25, -0.2) is 0 Å². The van der Waals surface area contributed by atoms with Gasteiger partial charge in [0, 0.05) is 30.7 Å². The molecule has 1 fully saturated rings. The third kappa shape index (κ3) is 2.11. The third-order valence-corrected chi connectivity index (χ3v) is 3.30. The standard InChI is InChI=1S/C14H16N2O2/c1-16-8-10(11-4-2-3-5-12(11)16)6-7-15-14(17)13-9-18-13/h2-5,8,13H,6-7,9H2,1H3,(H,15,17). The minimum atomic E-state index is -0.197. The summed E-state index contributed by atoms with van der Waals surface area (Å²) in [5, 5.41) is 4.15. The molecule has 4 nitrogen and oxygen atoms in total. The molecule has 2 heterocycles. The minimum Gasteiger partial charge on any atom is -0.363 e. The summed E-state index contributed by atoms with van der Waals surface area (Å²) in [7, 11) is 2.04. The van der Waals surface area contributed by atoms with Crippen LogP contribution in [0.3, 0.4) is 0 Å². The van der Waals surface area contributed by atoms with E-state index in [1.165, 1.54) is 16.5 Å². The van der Waals surface area contributed by atoms with Crippen molar-refractivity contribution in [2.75, 3.05) is 13.2 Å². The summed E-state index contributed by atoms with van der Waals surface area (Å²) in [5.74, 6) is 0.00948. The lowest BCUT2D eigenvalue weighted by Gasteiger charge is -2.02. The van der Waals surface area contributed by atoms with Gasteiger partial charge in [-0.05, 0) is 18.1 Å². The zero-order valence-corrected chi connectivity index (χ0v) is 10.3. The molecule has 1 aliphatic heterocycles. The molecule has 0 aliphatic carbocycles. The number of rotatable bonds is 4. The van der Waals surface area contributed by atoms with E-state index in [0.717, 1.165) is 6.42 Å². The van der Waals surface area contributed by atoms with E-state index in [9.17, 15) is 4.79 Å². The van der Waals surface area contributed by atoms with Crippen LogP contribution >= 0.6 is 0 Å². The van der Waals surface area contributed by atoms with Gasteiger partial charge in [0.2, 0.25) is 0 Å². The van der Waals surface area contributed by atoms with Crippen LogP contribution in [0.4, 0.5) is 0 Å². The van der Waals surface area contributed by atoms with Crippen molar-refractivity contribution in [3.05, 3.63) is 36.0 Å². The Morgan fingerprint density at radius 3 is 3.06 bits per heavy atom. The monoisotopic (exact) mass is 244 g/mol. The normalized spacial score (nSPS) is 17.9. The first-order valence-electron chi connectivity index (χ1n) is 6.18. The molecule has 1 N–H and O–H groups in total. The minimum absolute atomic E-state index is 0.00948. The molecule has 1 aromatic heterocycles. The molecule has 4 heteroatoms. The van der Waals surface area contributed by atoms with Gasteiger partial charge < -0.3 is 14.6 Å². The molecule has 1 saturated heterocycles. The number of ether oxygens (including phenoxy) is 1. The Labute approximate surface area is 106 Å². The van der Waals surface area contributed by atoms with Crippen LogP contribution in [0.2, 0.25) is 0 Å². The fraction of sp³-hybridized carbons (Fsp3) is 0.357. The number of epoxide rings is 1. The van der Waals surface area contributed by atoms with Crippen molar-refractivity contribution in [1.82, 2.24) is 9.88 Å². The molecule has 1 atom stereocenters. The number of fused-ring (bicyclic) bond motifs is 1. The van der Waals surface area contributed by atoms with Gasteiger partial charge in [-0.3, -0.25) is 4.79 Å². The van der Waals surface area contributed by atoms with Crippen LogP contribution in [0.25, 0.3) is 10.9 Å². The van der Waals surface area contributed by atoms with Crippen LogP contribution in [-0.4, -0.2) is 29.7 Å². The summed E-state index contributed by atoms with van der Waals surface area (Å²) in [6.07, 6.45) is 2.78. The van der Waals surface area contributed by atoms with E-state index < -0.39 is 0 Å². The molecule has 0 bridgehead atoms. The molecular formula is C14H16N2O2. The Balaban J connectivity index is 1.68. The number of hydrogen-bond donors (Lipinski definition) is 1. The number of para-hydroxylation sites is 1. The fourth-order valence-electron chi connectivity index (χ4n) is 2.26. The molecule has 1 unspecified atom stereocenters. The second-order valence-corrected chi connectivity index (χ2v) is 4.65. The van der Waals surface area contributed by atoms with E-state index in [0.29, 0.717) is 13.2 Å². The van der Waals surface area contributed by atoms with Crippen LogP contribution in [0.1, 0.15) is 5.56 Å². The van der Waals surface area contributed by atoms with Gasteiger partial charge in [-0.15, -0.1) is 0 Å². The van der Waals surface area contributed by atoms with Crippen molar-refractivity contribution >= 4 is 16.8 Å². The Morgan fingerprint density at radius 2 is 2.28 bits per heavy atom. The maximum absolute atomic E-state index is 11.4. The summed E-state index contributed by atoms with van der Waals surface area (Å²) in [5.41, 5.74) is 2.49. The van der Waals surface area contributed by atoms with Gasteiger partial charge >= 0.3 is 0 Å². The summed E-state index contributed by atoms with van der Waals surface area (Å²) < 4.78 is 7.05. The summed E-state index contributed by atoms with van der Waals surface area (Å²) in [6.45, 7) is 1.23. The number of carbonyl (C=O) groups is 1. The summed E-state index contributed by atoms with van der Waals surface area (Å²) in [4.78, 5) is 11.4. The van der Waals surface area contributed by atoms with Gasteiger partial charge in [0.05, 0.1) is 6.61 Å². The smallest absolute Gasteiger partial charge is 0.251 e. The van der Waals surface area contributed by atoms with E-state index >= 15 is 0 Å². The number of benzene rings is 1. The Bertz CT molecular complexity index is 584. The van der Waals surface area contributed by atoms with E-state index in [4.69, 9.17) is 4.74 Å². The molecule has 0 saturated carbocycles. The van der Waals surface area contributed by atoms with Crippen molar-refractivity contribution in [2.24, 2.45) is 7.05 Å². The highest BCUT2D eigenvalue weighted by atomic mass is 16.6. The number of nitrogens with one attached hydrogen (secondary N) is 1. The molecule has 1 aromatic carbocycles. The molecule has 0 spiro atoms. The largest absolute Gasteiger partial charge is 0.363 e.